The molecule has 5 saturated heterocycles. The smallest absolute Gasteiger partial charge is 0.257 e. The lowest BCUT2D eigenvalue weighted by molar-refractivity contribution is 0.171. The maximum atomic E-state index is 13.6. The minimum Gasteiger partial charge on any atom is -0.317 e. The van der Waals surface area contributed by atoms with E-state index in [0.717, 1.165) is 231 Å². The Kier molecular flexibility index (Phi) is 23.3. The van der Waals surface area contributed by atoms with Crippen molar-refractivity contribution < 1.29 is 22.0 Å². The topological polar surface area (TPSA) is 278 Å². The number of pyridine rings is 5. The maximum absolute atomic E-state index is 13.6. The molecule has 0 amide bonds. The van der Waals surface area contributed by atoms with Gasteiger partial charge in [-0.25, -0.2) is 22.0 Å². The van der Waals surface area contributed by atoms with Crippen molar-refractivity contribution in [2.45, 2.75) is 134 Å². The summed E-state index contributed by atoms with van der Waals surface area (Å²) < 4.78 is 76.5. The van der Waals surface area contributed by atoms with Crippen LogP contribution in [-0.2, 0) is 35.2 Å². The van der Waals surface area contributed by atoms with E-state index in [1.165, 1.54) is 67.1 Å². The van der Waals surface area contributed by atoms with Crippen LogP contribution in [0.3, 0.4) is 0 Å². The average molecular weight is 1630 g/mol. The molecule has 0 spiro atoms. The van der Waals surface area contributed by atoms with Crippen molar-refractivity contribution in [3.8, 4) is 0 Å². The third kappa shape index (κ3) is 16.0. The van der Waals surface area contributed by atoms with Gasteiger partial charge in [-0.15, -0.1) is 0 Å². The van der Waals surface area contributed by atoms with Crippen LogP contribution in [0, 0.1) is 29.1 Å². The number of nitrogens with zero attached hydrogens (tertiary/aromatic N) is 14. The van der Waals surface area contributed by atoms with Crippen molar-refractivity contribution in [3.05, 3.63) is 200 Å². The Bertz CT molecular complexity index is 6670. The number of rotatable bonds is 9. The Balaban J connectivity index is 0.000000111. The van der Waals surface area contributed by atoms with E-state index in [2.05, 4.69) is 94.8 Å². The number of H-pyrrole nitrogens is 5. The van der Waals surface area contributed by atoms with Crippen molar-refractivity contribution in [3.63, 3.8) is 0 Å². The molecule has 15 aromatic rings. The Hall–Kier alpha value is -11.1. The van der Waals surface area contributed by atoms with Crippen molar-refractivity contribution >= 4 is 109 Å². The molecule has 20 rings (SSSR count). The molecule has 0 aliphatic carbocycles. The summed E-state index contributed by atoms with van der Waals surface area (Å²) in [5.41, 5.74) is 7.30. The molecule has 119 heavy (non-hydrogen) atoms. The lowest BCUT2D eigenvalue weighted by Crippen LogP contribution is -2.37. The number of hydrogen-bond donors (Lipinski definition) is 6. The fourth-order valence-corrected chi connectivity index (χ4v) is 19.0. The van der Waals surface area contributed by atoms with Crippen molar-refractivity contribution in [1.29, 1.82) is 0 Å². The van der Waals surface area contributed by atoms with Gasteiger partial charge in [0.1, 0.15) is 57.3 Å². The highest BCUT2D eigenvalue weighted by Crippen LogP contribution is 2.41. The number of aromatic nitrogens is 15. The number of likely N-dealkylation sites (tertiary alicyclic amines) is 4. The van der Waals surface area contributed by atoms with Crippen LogP contribution in [0.2, 0.25) is 0 Å². The van der Waals surface area contributed by atoms with Crippen LogP contribution in [0.25, 0.3) is 109 Å². The molecule has 0 bridgehead atoms. The van der Waals surface area contributed by atoms with E-state index in [4.69, 9.17) is 15.3 Å². The quantitative estimate of drug-likeness (QED) is 0.0733. The van der Waals surface area contributed by atoms with Crippen LogP contribution in [-0.4, -0.2) is 185 Å². The first kappa shape index (κ1) is 81.7. The van der Waals surface area contributed by atoms with E-state index in [-0.39, 0.29) is 27.8 Å². The molecule has 5 aliphatic rings. The third-order valence-corrected chi connectivity index (χ3v) is 25.4. The SMILES string of the molecule is CC(C)N1CCC(c2nn(C)c3[nH]c(=O)c4cc(F)ccc4c23)CC1.CCCN1CCC(c2nn(C)c3[nH]c(=O)c4cc(F)ccc4c23)CC1.CCN1CCC(c2nn(C)c3[nH]c(=O)c4cc(F)ccc4c23)CC1.CN1CCC(c2nn(C)c3[nH]c(=O)c4cc(F)ccc4c23)CC1.Cn1nc(C2CCNCC2)c2c3ccc(F)cc3c(=O)[nH]c21. The number of aromatic amines is 5. The summed E-state index contributed by atoms with van der Waals surface area (Å²) in [6, 6.07) is 22.7. The maximum Gasteiger partial charge on any atom is 0.257 e. The van der Waals surface area contributed by atoms with E-state index < -0.39 is 29.1 Å². The molecule has 10 aromatic heterocycles. The minimum atomic E-state index is -0.398. The van der Waals surface area contributed by atoms with Crippen LogP contribution in [0.4, 0.5) is 22.0 Å². The minimum absolute atomic E-state index is 0.269. The third-order valence-electron chi connectivity index (χ3n) is 25.4. The number of piperidine rings is 5. The summed E-state index contributed by atoms with van der Waals surface area (Å²) in [5, 5.41) is 37.5. The van der Waals surface area contributed by atoms with E-state index in [9.17, 15) is 45.9 Å². The van der Waals surface area contributed by atoms with Crippen LogP contribution >= 0.6 is 0 Å². The zero-order valence-electron chi connectivity index (χ0n) is 69.1. The summed E-state index contributed by atoms with van der Waals surface area (Å²) in [6.07, 6.45) is 11.6. The van der Waals surface area contributed by atoms with Crippen LogP contribution in [0.1, 0.15) is 156 Å². The molecule has 0 saturated carbocycles. The van der Waals surface area contributed by atoms with Crippen LogP contribution < -0.4 is 33.1 Å². The number of fused-ring (bicyclic) bond motifs is 15. The normalized spacial score (nSPS) is 17.0. The first-order valence-corrected chi connectivity index (χ1v) is 41.8. The summed E-state index contributed by atoms with van der Waals surface area (Å²) in [6.45, 7) is 21.5. The molecular formula is C89H103F5N20O5. The molecule has 5 fully saturated rings. The zero-order valence-corrected chi connectivity index (χ0v) is 69.1. The molecule has 624 valence electrons. The summed E-state index contributed by atoms with van der Waals surface area (Å²) in [5.74, 6) is -0.142. The second-order valence-electron chi connectivity index (χ2n) is 33.2. The molecule has 25 nitrogen and oxygen atoms in total. The van der Waals surface area contributed by atoms with E-state index >= 15 is 0 Å². The molecule has 30 heteroatoms. The van der Waals surface area contributed by atoms with Gasteiger partial charge >= 0.3 is 0 Å². The monoisotopic (exact) mass is 1630 g/mol. The molecular weight excluding hydrogens is 1520 g/mol. The highest BCUT2D eigenvalue weighted by molar-refractivity contribution is 6.10. The highest BCUT2D eigenvalue weighted by atomic mass is 19.1. The molecule has 5 aliphatic heterocycles. The Morgan fingerprint density at radius 3 is 0.832 bits per heavy atom. The lowest BCUT2D eigenvalue weighted by Gasteiger charge is -2.34. The Morgan fingerprint density at radius 1 is 0.336 bits per heavy atom. The molecule has 6 N–H and O–H groups in total. The second-order valence-corrected chi connectivity index (χ2v) is 33.2. The van der Waals surface area contributed by atoms with Crippen molar-refractivity contribution in [2.75, 3.05) is 85.6 Å². The van der Waals surface area contributed by atoms with Gasteiger partial charge in [0.25, 0.3) is 27.8 Å². The fraction of sp³-hybridized carbons (Fsp3) is 0.438. The average Bonchev–Trinajstić information content (AvgIpc) is 1.65. The van der Waals surface area contributed by atoms with Gasteiger partial charge < -0.3 is 49.8 Å². The zero-order chi connectivity index (χ0) is 83.5. The van der Waals surface area contributed by atoms with Gasteiger partial charge in [0.2, 0.25) is 0 Å². The van der Waals surface area contributed by atoms with Gasteiger partial charge in [-0.1, -0.05) is 44.2 Å². The fourth-order valence-electron chi connectivity index (χ4n) is 19.0. The van der Waals surface area contributed by atoms with E-state index in [0.29, 0.717) is 85.2 Å². The summed E-state index contributed by atoms with van der Waals surface area (Å²) in [4.78, 5) is 85.5. The molecule has 0 unspecified atom stereocenters. The van der Waals surface area contributed by atoms with Crippen molar-refractivity contribution in [1.82, 2.24) is 98.7 Å². The molecule has 0 atom stereocenters. The summed E-state index contributed by atoms with van der Waals surface area (Å²) in [7, 11) is 11.3. The van der Waals surface area contributed by atoms with Crippen molar-refractivity contribution in [2.24, 2.45) is 35.2 Å². The van der Waals surface area contributed by atoms with Gasteiger partial charge in [0.15, 0.2) is 0 Å². The van der Waals surface area contributed by atoms with Crippen LogP contribution in [0.15, 0.2) is 115 Å². The Labute approximate surface area is 681 Å². The second kappa shape index (κ2) is 34.0. The first-order chi connectivity index (χ1) is 57.3. The number of hydrogen-bond acceptors (Lipinski definition) is 15. The van der Waals surface area contributed by atoms with E-state index in [1.807, 2.05) is 35.2 Å². The van der Waals surface area contributed by atoms with Crippen LogP contribution in [0.5, 0.6) is 0 Å². The number of benzene rings is 5. The first-order valence-electron chi connectivity index (χ1n) is 41.8. The number of nitrogens with one attached hydrogen (secondary N) is 6. The number of halogens is 5. The standard InChI is InChI=1S/2C19H23FN4O.C18H21FN4O.C17H19FN4O.C16H17FN4O/c1-11(2)24-8-6-12(7-9-24)17-16-14-5-4-13(20)10-15(14)19(25)21-18(16)23(3)22-17;1-3-8-24-9-6-12(7-10-24)17-16-14-5-4-13(20)11-15(14)19(25)21-18(16)23(2)22-17;1-3-23-8-6-11(7-9-23)16-15-13-5-4-12(19)10-14(13)18(24)20-17(15)22(2)21-16;1-21-7-5-10(6-8-21)15-14-12-4-3-11(18)9-13(12)17(23)19-16(14)22(2)20-15;1-21-15-13(14(20-21)9-4-6-18-7-5-9)11-3-2-10(17)8-12(11)16(22)19-15/h4-5,10-12H,6-9H2,1-3H3,(H,21,25);4-5,11-12H,3,6-10H2,1-2H3,(H,21,25);4-5,10-11H,3,6-9H2,1-2H3,(H,20,24);3-4,9-10H,5-8H2,1-2H3,(H,19,23);2-3,8-9,18H,4-7H2,1H3,(H,19,22). The predicted octanol–water partition coefficient (Wildman–Crippen LogP) is 13.4. The molecule has 15 heterocycles. The Morgan fingerprint density at radius 2 is 0.580 bits per heavy atom. The van der Waals surface area contributed by atoms with E-state index in [1.54, 1.807) is 53.7 Å². The number of aryl methyl sites for hydroxylation is 5. The van der Waals surface area contributed by atoms with Gasteiger partial charge in [-0.3, -0.25) is 47.4 Å². The summed E-state index contributed by atoms with van der Waals surface area (Å²) >= 11 is 0. The molecule has 5 aromatic carbocycles. The largest absolute Gasteiger partial charge is 0.317 e. The van der Waals surface area contributed by atoms with Gasteiger partial charge in [-0.05, 0) is 231 Å². The van der Waals surface area contributed by atoms with Gasteiger partial charge in [0, 0.05) is 125 Å². The highest BCUT2D eigenvalue weighted by Gasteiger charge is 2.33. The molecule has 0 radical (unpaired) electrons. The van der Waals surface area contributed by atoms with Gasteiger partial charge in [-0.2, -0.15) is 25.5 Å². The van der Waals surface area contributed by atoms with Gasteiger partial charge in [0.05, 0.1) is 55.4 Å². The lowest BCUT2D eigenvalue weighted by atomic mass is 9.90. The predicted molar refractivity (Wildman–Crippen MR) is 460 cm³/mol.